The fourth-order valence-corrected chi connectivity index (χ4v) is 5.76. The van der Waals surface area contributed by atoms with Crippen LogP contribution in [0.4, 0.5) is 5.69 Å². The molecule has 0 N–H and O–H groups in total. The Morgan fingerprint density at radius 2 is 1.84 bits per heavy atom. The molecule has 3 aromatic carbocycles. The topological polar surface area (TPSA) is 94.8 Å². The first kappa shape index (κ1) is 22.7. The molecular weight excluding hydrogens is 484 g/mol. The van der Waals surface area contributed by atoms with Crippen molar-refractivity contribution in [3.63, 3.8) is 0 Å². The van der Waals surface area contributed by atoms with Gasteiger partial charge in [-0.05, 0) is 77.8 Å². The van der Waals surface area contributed by atoms with Crippen molar-refractivity contribution < 1.29 is 19.0 Å². The molecule has 1 unspecified atom stereocenters. The van der Waals surface area contributed by atoms with Crippen LogP contribution in [0.15, 0.2) is 54.6 Å². The Hall–Kier alpha value is -4.44. The fraction of sp³-hybridized carbons (Fsp3) is 0.286. The number of tetrazole rings is 1. The molecule has 192 valence electrons. The van der Waals surface area contributed by atoms with Gasteiger partial charge in [-0.3, -0.25) is 9.69 Å². The first-order valence-corrected chi connectivity index (χ1v) is 12.6. The van der Waals surface area contributed by atoms with Crippen molar-refractivity contribution in [1.82, 2.24) is 25.1 Å². The van der Waals surface area contributed by atoms with Gasteiger partial charge in [-0.15, -0.1) is 5.10 Å². The predicted octanol–water partition coefficient (Wildman–Crippen LogP) is 3.18. The molecule has 0 radical (unpaired) electrons. The summed E-state index contributed by atoms with van der Waals surface area (Å²) in [4.78, 5) is 17.4. The quantitative estimate of drug-likeness (QED) is 0.413. The predicted molar refractivity (Wildman–Crippen MR) is 138 cm³/mol. The highest BCUT2D eigenvalue weighted by atomic mass is 16.7. The number of hydrogen-bond donors (Lipinski definition) is 0. The summed E-state index contributed by atoms with van der Waals surface area (Å²) in [5.74, 6) is 2.59. The van der Waals surface area contributed by atoms with Crippen molar-refractivity contribution >= 4 is 11.6 Å². The van der Waals surface area contributed by atoms with Crippen LogP contribution in [0.25, 0.3) is 5.69 Å². The van der Waals surface area contributed by atoms with Gasteiger partial charge in [0.2, 0.25) is 12.5 Å². The lowest BCUT2D eigenvalue weighted by Gasteiger charge is -2.34. The highest BCUT2D eigenvalue weighted by Gasteiger charge is 2.38. The van der Waals surface area contributed by atoms with E-state index in [9.17, 15) is 4.79 Å². The number of likely N-dealkylation sites (N-methyl/N-ethyl adjacent to an activating group) is 1. The Morgan fingerprint density at radius 3 is 2.68 bits per heavy atom. The van der Waals surface area contributed by atoms with Crippen molar-refractivity contribution in [2.24, 2.45) is 0 Å². The SMILES string of the molecule is COc1c2c(cc3c1C(c1nnnn1-c1ccc(C(=O)N4CCc5ccccc54)cc1)N(C)CC3)OCO2. The molecule has 0 aliphatic carbocycles. The van der Waals surface area contributed by atoms with E-state index in [1.54, 1.807) is 11.8 Å². The Bertz CT molecular complexity index is 1550. The van der Waals surface area contributed by atoms with Gasteiger partial charge in [0.15, 0.2) is 17.3 Å². The maximum absolute atomic E-state index is 13.3. The third-order valence-corrected chi connectivity index (χ3v) is 7.63. The first-order chi connectivity index (χ1) is 18.6. The van der Waals surface area contributed by atoms with Crippen LogP contribution in [-0.2, 0) is 12.8 Å². The summed E-state index contributed by atoms with van der Waals surface area (Å²) in [6.45, 7) is 1.67. The second-order valence-electron chi connectivity index (χ2n) is 9.68. The average molecular weight is 511 g/mol. The molecule has 0 spiro atoms. The number of carbonyl (C=O) groups excluding carboxylic acids is 1. The summed E-state index contributed by atoms with van der Waals surface area (Å²) in [6.07, 6.45) is 1.71. The van der Waals surface area contributed by atoms with Crippen molar-refractivity contribution in [3.05, 3.63) is 82.7 Å². The Morgan fingerprint density at radius 1 is 1.03 bits per heavy atom. The molecule has 0 fully saturated rings. The maximum Gasteiger partial charge on any atom is 0.258 e. The monoisotopic (exact) mass is 510 g/mol. The van der Waals surface area contributed by atoms with Crippen molar-refractivity contribution in [1.29, 1.82) is 0 Å². The van der Waals surface area contributed by atoms with Gasteiger partial charge < -0.3 is 19.1 Å². The van der Waals surface area contributed by atoms with E-state index in [1.165, 1.54) is 5.56 Å². The summed E-state index contributed by atoms with van der Waals surface area (Å²) >= 11 is 0. The molecule has 0 bridgehead atoms. The number of para-hydroxylation sites is 1. The number of hydrogen-bond acceptors (Lipinski definition) is 8. The Kier molecular flexibility index (Phi) is 5.29. The van der Waals surface area contributed by atoms with Crippen molar-refractivity contribution in [2.45, 2.75) is 18.9 Å². The smallest absolute Gasteiger partial charge is 0.258 e. The molecule has 4 heterocycles. The van der Waals surface area contributed by atoms with Crippen LogP contribution in [0.1, 0.15) is 38.9 Å². The van der Waals surface area contributed by atoms with E-state index < -0.39 is 0 Å². The van der Waals surface area contributed by atoms with Gasteiger partial charge in [0.25, 0.3) is 5.91 Å². The molecule has 38 heavy (non-hydrogen) atoms. The van der Waals surface area contributed by atoms with Gasteiger partial charge in [0.05, 0.1) is 12.8 Å². The summed E-state index contributed by atoms with van der Waals surface area (Å²) < 4.78 is 19.0. The van der Waals surface area contributed by atoms with Gasteiger partial charge >= 0.3 is 0 Å². The number of nitrogens with zero attached hydrogens (tertiary/aromatic N) is 6. The third kappa shape index (κ3) is 3.44. The van der Waals surface area contributed by atoms with Gasteiger partial charge in [-0.25, -0.2) is 0 Å². The molecule has 0 saturated carbocycles. The van der Waals surface area contributed by atoms with Crippen LogP contribution in [0, 0.1) is 0 Å². The minimum absolute atomic E-state index is 0.0137. The first-order valence-electron chi connectivity index (χ1n) is 12.6. The Labute approximate surface area is 219 Å². The molecule has 0 saturated heterocycles. The summed E-state index contributed by atoms with van der Waals surface area (Å²) in [6, 6.07) is 17.3. The second kappa shape index (κ2) is 8.84. The maximum atomic E-state index is 13.3. The minimum atomic E-state index is -0.263. The van der Waals surface area contributed by atoms with E-state index in [1.807, 2.05) is 60.5 Å². The molecule has 1 amide bonds. The standard InChI is InChI=1S/C28H26N6O4/c1-32-13-11-19-15-22-25(38-16-37-22)26(36-2)23(19)24(32)27-29-30-31-34(27)20-9-7-18(8-10-20)28(35)33-14-12-17-5-3-4-6-21(17)33/h3-10,15,24H,11-14,16H2,1-2H3. The highest BCUT2D eigenvalue weighted by molar-refractivity contribution is 6.07. The second-order valence-corrected chi connectivity index (χ2v) is 9.68. The highest BCUT2D eigenvalue weighted by Crippen LogP contribution is 2.50. The van der Waals surface area contributed by atoms with Crippen LogP contribution in [0.5, 0.6) is 17.2 Å². The van der Waals surface area contributed by atoms with Crippen LogP contribution in [0.2, 0.25) is 0 Å². The number of amides is 1. The van der Waals surface area contributed by atoms with Gasteiger partial charge in [-0.2, -0.15) is 4.68 Å². The van der Waals surface area contributed by atoms with Crippen LogP contribution in [-0.4, -0.2) is 65.1 Å². The van der Waals surface area contributed by atoms with E-state index in [0.717, 1.165) is 41.9 Å². The third-order valence-electron chi connectivity index (χ3n) is 7.63. The average Bonchev–Trinajstić information content (AvgIpc) is 3.71. The molecule has 3 aliphatic rings. The fourth-order valence-electron chi connectivity index (χ4n) is 5.76. The lowest BCUT2D eigenvalue weighted by molar-refractivity contribution is 0.0989. The van der Waals surface area contributed by atoms with E-state index in [2.05, 4.69) is 26.5 Å². The van der Waals surface area contributed by atoms with Gasteiger partial charge in [0.1, 0.15) is 6.04 Å². The number of rotatable bonds is 4. The number of anilines is 1. The number of benzene rings is 3. The number of ether oxygens (including phenoxy) is 3. The molecule has 3 aliphatic heterocycles. The molecule has 10 nitrogen and oxygen atoms in total. The molecular formula is C28H26N6O4. The van der Waals surface area contributed by atoms with Gasteiger partial charge in [0, 0.05) is 29.9 Å². The summed E-state index contributed by atoms with van der Waals surface area (Å²) in [5, 5.41) is 12.8. The molecule has 1 atom stereocenters. The van der Waals surface area contributed by atoms with Crippen LogP contribution >= 0.6 is 0 Å². The zero-order chi connectivity index (χ0) is 25.8. The normalized spacial score (nSPS) is 17.8. The lowest BCUT2D eigenvalue weighted by atomic mass is 9.90. The lowest BCUT2D eigenvalue weighted by Crippen LogP contribution is -2.35. The van der Waals surface area contributed by atoms with Gasteiger partial charge in [-0.1, -0.05) is 18.2 Å². The van der Waals surface area contributed by atoms with E-state index in [-0.39, 0.29) is 18.7 Å². The number of fused-ring (bicyclic) bond motifs is 3. The van der Waals surface area contributed by atoms with Crippen molar-refractivity contribution in [2.75, 3.05) is 38.9 Å². The van der Waals surface area contributed by atoms with Crippen LogP contribution < -0.4 is 19.1 Å². The number of methoxy groups -OCH3 is 1. The largest absolute Gasteiger partial charge is 0.492 e. The van der Waals surface area contributed by atoms with E-state index in [0.29, 0.717) is 35.2 Å². The molecule has 7 rings (SSSR count). The Balaban J connectivity index is 1.24. The molecule has 4 aromatic rings. The molecule has 10 heteroatoms. The number of carbonyl (C=O) groups is 1. The summed E-state index contributed by atoms with van der Waals surface area (Å²) in [7, 11) is 3.69. The zero-order valence-corrected chi connectivity index (χ0v) is 21.1. The van der Waals surface area contributed by atoms with E-state index >= 15 is 0 Å². The van der Waals surface area contributed by atoms with Crippen molar-refractivity contribution in [3.8, 4) is 22.9 Å². The minimum Gasteiger partial charge on any atom is -0.492 e. The summed E-state index contributed by atoms with van der Waals surface area (Å²) in [5.41, 5.74) is 5.67. The molecule has 1 aromatic heterocycles. The number of aromatic nitrogens is 4. The van der Waals surface area contributed by atoms with E-state index in [4.69, 9.17) is 14.2 Å². The van der Waals surface area contributed by atoms with Crippen LogP contribution in [0.3, 0.4) is 0 Å². The zero-order valence-electron chi connectivity index (χ0n) is 21.1.